The molecule has 0 spiro atoms. The van der Waals surface area contributed by atoms with E-state index in [-0.39, 0.29) is 11.3 Å². The first-order valence-electron chi connectivity index (χ1n) is 15.3. The number of carbonyl (C=O) groups excluding carboxylic acids is 1. The van der Waals surface area contributed by atoms with Crippen molar-refractivity contribution in [3.63, 3.8) is 0 Å². The Labute approximate surface area is 246 Å². The van der Waals surface area contributed by atoms with Crippen LogP contribution in [-0.2, 0) is 4.79 Å². The van der Waals surface area contributed by atoms with Gasteiger partial charge >= 0.3 is 0 Å². The molecule has 0 aliphatic rings. The minimum Gasteiger partial charge on any atom is -0.356 e. The molecule has 39 heavy (non-hydrogen) atoms. The minimum atomic E-state index is -1.41. The maximum atomic E-state index is 12.1. The molecule has 0 saturated carbocycles. The lowest BCUT2D eigenvalue weighted by Crippen LogP contribution is -2.39. The molecule has 0 radical (unpaired) electrons. The lowest BCUT2D eigenvalue weighted by Gasteiger charge is -2.38. The van der Waals surface area contributed by atoms with E-state index in [9.17, 15) is 4.79 Å². The fourth-order valence-electron chi connectivity index (χ4n) is 6.58. The van der Waals surface area contributed by atoms with Gasteiger partial charge in [0.2, 0.25) is 5.91 Å². The topological polar surface area (TPSA) is 29.1 Å². The summed E-state index contributed by atoms with van der Waals surface area (Å²) < 4.78 is 0. The van der Waals surface area contributed by atoms with Crippen molar-refractivity contribution in [2.24, 2.45) is 5.41 Å². The molecular weight excluding hydrogens is 523 g/mol. The molecule has 0 bridgehead atoms. The summed E-state index contributed by atoms with van der Waals surface area (Å²) in [5.74, 6) is 0.0898. The first-order valence-corrected chi connectivity index (χ1v) is 24.7. The molecular formula is C34H63NOSi3. The number of nitrogens with one attached hydrogen (secondary N) is 1. The molecule has 0 aromatic rings. The normalized spacial score (nSPS) is 12.4. The second-order valence-electron chi connectivity index (χ2n) is 13.4. The Kier molecular flexibility index (Phi) is 18.9. The zero-order valence-corrected chi connectivity index (χ0v) is 29.4. The van der Waals surface area contributed by atoms with Crippen LogP contribution in [0.4, 0.5) is 0 Å². The molecule has 222 valence electrons. The highest BCUT2D eigenvalue weighted by atomic mass is 28.3. The van der Waals surface area contributed by atoms with Crippen LogP contribution in [0.2, 0.25) is 74.0 Å². The molecule has 0 aromatic carbocycles. The minimum absolute atomic E-state index is 0.0898. The van der Waals surface area contributed by atoms with Gasteiger partial charge in [0.1, 0.15) is 0 Å². The highest BCUT2D eigenvalue weighted by molar-refractivity contribution is 6.80. The van der Waals surface area contributed by atoms with Gasteiger partial charge in [0.15, 0.2) is 0 Å². The molecule has 0 aromatic heterocycles. The average molecular weight is 586 g/mol. The van der Waals surface area contributed by atoms with Crippen LogP contribution in [-0.4, -0.2) is 36.7 Å². The molecule has 2 nitrogen and oxygen atoms in total. The Morgan fingerprint density at radius 3 is 1.05 bits per heavy atom. The Bertz CT molecular complexity index is 669. The van der Waals surface area contributed by atoms with Gasteiger partial charge < -0.3 is 5.32 Å². The fourth-order valence-corrected chi connectivity index (χ4v) is 15.6. The van der Waals surface area contributed by atoms with Gasteiger partial charge in [-0.15, -0.1) is 39.5 Å². The van der Waals surface area contributed by atoms with Crippen molar-refractivity contribution in [1.82, 2.24) is 5.32 Å². The van der Waals surface area contributed by atoms with Gasteiger partial charge in [-0.3, -0.25) is 4.79 Å². The molecule has 0 heterocycles. The van der Waals surface area contributed by atoms with Crippen LogP contribution in [0.25, 0.3) is 0 Å². The number of hydrogen-bond acceptors (Lipinski definition) is 1. The van der Waals surface area contributed by atoms with Crippen LogP contribution in [0.15, 0.2) is 75.9 Å². The summed E-state index contributed by atoms with van der Waals surface area (Å²) in [6.45, 7) is 34.3. The van der Waals surface area contributed by atoms with Crippen LogP contribution in [0.1, 0.15) is 45.4 Å². The van der Waals surface area contributed by atoms with E-state index in [4.69, 9.17) is 0 Å². The van der Waals surface area contributed by atoms with Crippen LogP contribution in [0.3, 0.4) is 0 Å². The molecule has 0 atom stereocenters. The molecule has 0 unspecified atom stereocenters. The Morgan fingerprint density at radius 1 is 0.590 bits per heavy atom. The van der Waals surface area contributed by atoms with Crippen molar-refractivity contribution in [3.8, 4) is 0 Å². The fraction of sp³-hybridized carbons (Fsp3) is 0.618. The maximum Gasteiger partial charge on any atom is 0.216 e. The summed E-state index contributed by atoms with van der Waals surface area (Å²) in [5.41, 5.74) is 0.151. The third-order valence-electron chi connectivity index (χ3n) is 9.00. The SMILES string of the molecule is C=CC[Si](C)(CC=C)CCCC(CCC[Si](C)(CC=C)CC=C)(CCC[Si](C)(CC=C)CC=C)CNC(C)=O. The Hall–Kier alpha value is -1.44. The van der Waals surface area contributed by atoms with Crippen molar-refractivity contribution >= 4 is 30.1 Å². The van der Waals surface area contributed by atoms with Gasteiger partial charge in [-0.1, -0.05) is 93.5 Å². The standard InChI is InChI=1S/C34H63NOSi3/c1-11-23-37(8,24-12-2)29-17-20-34(32-35-33(7)36,21-18-30-38(9,25-13-3)26-14-4)22-19-31-39(10,27-15-5)28-16-6/h11-16H,1-6,17-32H2,7-10H3,(H,35,36). The summed E-state index contributed by atoms with van der Waals surface area (Å²) in [5, 5.41) is 3.28. The average Bonchev–Trinajstić information content (AvgIpc) is 2.83. The van der Waals surface area contributed by atoms with E-state index in [0.717, 1.165) is 42.8 Å². The van der Waals surface area contributed by atoms with Crippen molar-refractivity contribution in [3.05, 3.63) is 75.9 Å². The number of carbonyl (C=O) groups is 1. The third kappa shape index (κ3) is 15.8. The van der Waals surface area contributed by atoms with E-state index in [1.807, 2.05) is 0 Å². The highest BCUT2D eigenvalue weighted by Crippen LogP contribution is 2.40. The van der Waals surface area contributed by atoms with Gasteiger partial charge in [0, 0.05) is 13.5 Å². The van der Waals surface area contributed by atoms with Gasteiger partial charge in [-0.2, -0.15) is 0 Å². The molecule has 0 aliphatic heterocycles. The Balaban J connectivity index is 5.94. The van der Waals surface area contributed by atoms with E-state index >= 15 is 0 Å². The summed E-state index contributed by atoms with van der Waals surface area (Å²) >= 11 is 0. The highest BCUT2D eigenvalue weighted by Gasteiger charge is 2.34. The van der Waals surface area contributed by atoms with E-state index < -0.39 is 24.2 Å². The second-order valence-corrected chi connectivity index (χ2v) is 28.2. The second kappa shape index (κ2) is 19.6. The van der Waals surface area contributed by atoms with Gasteiger partial charge in [-0.05, 0) is 60.9 Å². The molecule has 0 aliphatic carbocycles. The van der Waals surface area contributed by atoms with E-state index in [1.165, 1.54) is 56.7 Å². The van der Waals surface area contributed by atoms with Crippen LogP contribution >= 0.6 is 0 Å². The maximum absolute atomic E-state index is 12.1. The number of rotatable bonds is 26. The van der Waals surface area contributed by atoms with E-state index in [0.29, 0.717) is 0 Å². The Morgan fingerprint density at radius 2 is 0.846 bits per heavy atom. The van der Waals surface area contributed by atoms with Gasteiger partial charge in [0.25, 0.3) is 0 Å². The molecule has 1 N–H and O–H groups in total. The number of allylic oxidation sites excluding steroid dienone is 6. The molecule has 0 saturated heterocycles. The summed E-state index contributed by atoms with van der Waals surface area (Å²) in [6, 6.07) is 10.8. The zero-order chi connectivity index (χ0) is 29.8. The van der Waals surface area contributed by atoms with E-state index in [1.54, 1.807) is 6.92 Å². The number of hydrogen-bond donors (Lipinski definition) is 1. The first-order chi connectivity index (χ1) is 18.4. The predicted octanol–water partition coefficient (Wildman–Crippen LogP) is 10.8. The van der Waals surface area contributed by atoms with Crippen molar-refractivity contribution in [2.45, 2.75) is 119 Å². The van der Waals surface area contributed by atoms with Crippen molar-refractivity contribution in [1.29, 1.82) is 0 Å². The monoisotopic (exact) mass is 585 g/mol. The molecule has 5 heteroatoms. The van der Waals surface area contributed by atoms with Crippen LogP contribution < -0.4 is 5.32 Å². The first kappa shape index (κ1) is 37.6. The lowest BCUT2D eigenvalue weighted by atomic mass is 9.75. The molecule has 0 fully saturated rings. The largest absolute Gasteiger partial charge is 0.356 e. The summed E-state index contributed by atoms with van der Waals surface area (Å²) in [7, 11) is -4.24. The third-order valence-corrected chi connectivity index (χ3v) is 21.3. The lowest BCUT2D eigenvalue weighted by molar-refractivity contribution is -0.119. The van der Waals surface area contributed by atoms with Crippen LogP contribution in [0, 0.1) is 5.41 Å². The smallest absolute Gasteiger partial charge is 0.216 e. The van der Waals surface area contributed by atoms with E-state index in [2.05, 4.69) is 101 Å². The van der Waals surface area contributed by atoms with Crippen LogP contribution in [0.5, 0.6) is 0 Å². The zero-order valence-electron chi connectivity index (χ0n) is 26.4. The van der Waals surface area contributed by atoms with Gasteiger partial charge in [-0.25, -0.2) is 0 Å². The van der Waals surface area contributed by atoms with Crippen molar-refractivity contribution < 1.29 is 4.79 Å². The summed E-state index contributed by atoms with van der Waals surface area (Å²) in [4.78, 5) is 12.1. The molecule has 1 amide bonds. The van der Waals surface area contributed by atoms with Crippen molar-refractivity contribution in [2.75, 3.05) is 6.54 Å². The van der Waals surface area contributed by atoms with Gasteiger partial charge in [0.05, 0.1) is 24.2 Å². The molecule has 0 rings (SSSR count). The quantitative estimate of drug-likeness (QED) is 0.0793. The predicted molar refractivity (Wildman–Crippen MR) is 188 cm³/mol. The number of amides is 1. The summed E-state index contributed by atoms with van der Waals surface area (Å²) in [6.07, 6.45) is 20.0.